The lowest BCUT2D eigenvalue weighted by Gasteiger charge is -2.31. The Labute approximate surface area is 156 Å². The van der Waals surface area contributed by atoms with Crippen molar-refractivity contribution in [3.8, 4) is 0 Å². The first kappa shape index (κ1) is 18.8. The van der Waals surface area contributed by atoms with Crippen molar-refractivity contribution in [2.45, 2.75) is 57.9 Å². The van der Waals surface area contributed by atoms with Crippen LogP contribution in [-0.2, 0) is 11.2 Å². The fraction of sp³-hybridized carbons (Fsp3) is 0.700. The molecule has 0 saturated heterocycles. The lowest BCUT2D eigenvalue weighted by atomic mass is 9.86. The Morgan fingerprint density at radius 3 is 2.73 bits per heavy atom. The number of carbonyl (C=O) groups excluding carboxylic acids is 1. The van der Waals surface area contributed by atoms with Gasteiger partial charge in [-0.05, 0) is 43.7 Å². The quantitative estimate of drug-likeness (QED) is 0.378. The molecule has 3 N–H and O–H groups in total. The summed E-state index contributed by atoms with van der Waals surface area (Å²) in [7, 11) is 0. The van der Waals surface area contributed by atoms with Crippen molar-refractivity contribution in [1.82, 2.24) is 16.0 Å². The van der Waals surface area contributed by atoms with E-state index in [1.165, 1.54) is 25.7 Å². The molecular weight excluding hydrogens is 328 g/mol. The van der Waals surface area contributed by atoms with Gasteiger partial charge in [0.15, 0.2) is 5.96 Å². The zero-order valence-corrected chi connectivity index (χ0v) is 15.8. The van der Waals surface area contributed by atoms with E-state index in [0.717, 1.165) is 31.0 Å². The minimum Gasteiger partial charge on any atom is -0.469 e. The average molecular weight is 361 g/mol. The van der Waals surface area contributed by atoms with Gasteiger partial charge in [-0.25, -0.2) is 0 Å². The lowest BCUT2D eigenvalue weighted by Crippen LogP contribution is -2.48. The highest BCUT2D eigenvalue weighted by Gasteiger charge is 2.29. The highest BCUT2D eigenvalue weighted by molar-refractivity contribution is 5.81. The Balaban J connectivity index is 1.46. The Kier molecular flexibility index (Phi) is 6.97. The predicted molar refractivity (Wildman–Crippen MR) is 103 cm³/mol. The van der Waals surface area contributed by atoms with Gasteiger partial charge in [0.1, 0.15) is 5.76 Å². The summed E-state index contributed by atoms with van der Waals surface area (Å²) in [5, 5.41) is 9.97. The van der Waals surface area contributed by atoms with Gasteiger partial charge in [0, 0.05) is 38.0 Å². The van der Waals surface area contributed by atoms with Gasteiger partial charge in [-0.1, -0.05) is 19.8 Å². The smallest absolute Gasteiger partial charge is 0.223 e. The Bertz CT molecular complexity index is 581. The third-order valence-electron chi connectivity index (χ3n) is 5.31. The molecule has 2 saturated carbocycles. The van der Waals surface area contributed by atoms with Crippen LogP contribution in [0.3, 0.4) is 0 Å². The molecule has 2 aliphatic rings. The van der Waals surface area contributed by atoms with Crippen molar-refractivity contribution in [1.29, 1.82) is 0 Å². The normalized spacial score (nSPS) is 23.5. The molecule has 1 amide bonds. The predicted octanol–water partition coefficient (Wildman–Crippen LogP) is 2.46. The maximum atomic E-state index is 11.7. The van der Waals surface area contributed by atoms with Gasteiger partial charge in [-0.15, -0.1) is 0 Å². The molecule has 0 spiro atoms. The van der Waals surface area contributed by atoms with Crippen LogP contribution in [0.2, 0.25) is 0 Å². The van der Waals surface area contributed by atoms with Crippen LogP contribution in [0.4, 0.5) is 0 Å². The Morgan fingerprint density at radius 1 is 1.19 bits per heavy atom. The van der Waals surface area contributed by atoms with Crippen LogP contribution in [-0.4, -0.2) is 37.5 Å². The number of hydrogen-bond acceptors (Lipinski definition) is 3. The molecule has 0 radical (unpaired) electrons. The summed E-state index contributed by atoms with van der Waals surface area (Å²) >= 11 is 0. The number of carbonyl (C=O) groups is 1. The van der Waals surface area contributed by atoms with E-state index in [9.17, 15) is 4.79 Å². The highest BCUT2D eigenvalue weighted by Crippen LogP contribution is 2.28. The van der Waals surface area contributed by atoms with E-state index in [1.807, 2.05) is 12.1 Å². The van der Waals surface area contributed by atoms with Gasteiger partial charge in [0.25, 0.3) is 0 Å². The number of guanidine groups is 1. The number of furan rings is 1. The van der Waals surface area contributed by atoms with Crippen molar-refractivity contribution >= 4 is 11.9 Å². The molecule has 1 aromatic rings. The van der Waals surface area contributed by atoms with Crippen LogP contribution >= 0.6 is 0 Å². The number of amides is 1. The highest BCUT2D eigenvalue weighted by atomic mass is 16.3. The number of hydrogen-bond donors (Lipinski definition) is 3. The lowest BCUT2D eigenvalue weighted by molar-refractivity contribution is -0.122. The molecule has 3 rings (SSSR count). The van der Waals surface area contributed by atoms with Crippen molar-refractivity contribution in [2.24, 2.45) is 16.8 Å². The largest absolute Gasteiger partial charge is 0.469 e. The van der Waals surface area contributed by atoms with Gasteiger partial charge in [-0.2, -0.15) is 0 Å². The summed E-state index contributed by atoms with van der Waals surface area (Å²) in [5.41, 5.74) is 0. The number of aliphatic imine (C=N–C) groups is 1. The number of nitrogens with one attached hydrogen (secondary N) is 3. The fourth-order valence-corrected chi connectivity index (χ4v) is 3.45. The molecule has 0 aliphatic heterocycles. The minimum absolute atomic E-state index is 0.192. The summed E-state index contributed by atoms with van der Waals surface area (Å²) in [4.78, 5) is 16.4. The zero-order chi connectivity index (χ0) is 18.2. The standard InChI is InChI=1S/C20H32N4O2/c1-15-5-2-3-7-18(15)24-20(22-11-10-17-6-4-14-26-17)23-13-12-21-19(25)16-8-9-16/h4,6,14-16,18H,2-3,5,7-13H2,1H3,(H,21,25)(H2,22,23,24). The minimum atomic E-state index is 0.192. The molecule has 6 nitrogen and oxygen atoms in total. The molecule has 2 unspecified atom stereocenters. The van der Waals surface area contributed by atoms with E-state index in [2.05, 4.69) is 22.9 Å². The third kappa shape index (κ3) is 6.07. The van der Waals surface area contributed by atoms with Crippen molar-refractivity contribution in [3.05, 3.63) is 24.2 Å². The molecule has 2 atom stereocenters. The number of rotatable bonds is 8. The zero-order valence-electron chi connectivity index (χ0n) is 15.8. The van der Waals surface area contributed by atoms with E-state index in [-0.39, 0.29) is 11.8 Å². The van der Waals surface area contributed by atoms with Crippen molar-refractivity contribution < 1.29 is 9.21 Å². The molecule has 0 aromatic carbocycles. The van der Waals surface area contributed by atoms with E-state index >= 15 is 0 Å². The van der Waals surface area contributed by atoms with Crippen LogP contribution in [0.15, 0.2) is 27.8 Å². The molecule has 1 aromatic heterocycles. The van der Waals surface area contributed by atoms with E-state index in [4.69, 9.17) is 9.41 Å². The van der Waals surface area contributed by atoms with Crippen molar-refractivity contribution in [3.63, 3.8) is 0 Å². The summed E-state index contributed by atoms with van der Waals surface area (Å²) in [6, 6.07) is 4.36. The molecular formula is C20H32N4O2. The molecule has 144 valence electrons. The second-order valence-electron chi connectivity index (χ2n) is 7.56. The third-order valence-corrected chi connectivity index (χ3v) is 5.31. The first-order valence-corrected chi connectivity index (χ1v) is 10.1. The van der Waals surface area contributed by atoms with Crippen LogP contribution in [0.1, 0.15) is 51.2 Å². The van der Waals surface area contributed by atoms with Gasteiger partial charge in [-0.3, -0.25) is 9.79 Å². The van der Waals surface area contributed by atoms with E-state index in [1.54, 1.807) is 6.26 Å². The maximum absolute atomic E-state index is 11.7. The van der Waals surface area contributed by atoms with Crippen LogP contribution < -0.4 is 16.0 Å². The average Bonchev–Trinajstić information content (AvgIpc) is 3.37. The first-order valence-electron chi connectivity index (χ1n) is 10.1. The van der Waals surface area contributed by atoms with Crippen LogP contribution in [0.25, 0.3) is 0 Å². The SMILES string of the molecule is CC1CCCCC1NC(=NCCc1ccco1)NCCNC(=O)C1CC1. The monoisotopic (exact) mass is 360 g/mol. The summed E-state index contributed by atoms with van der Waals surface area (Å²) < 4.78 is 5.38. The topological polar surface area (TPSA) is 78.7 Å². The fourth-order valence-electron chi connectivity index (χ4n) is 3.45. The van der Waals surface area contributed by atoms with E-state index < -0.39 is 0 Å². The molecule has 2 aliphatic carbocycles. The Morgan fingerprint density at radius 2 is 2.00 bits per heavy atom. The van der Waals surface area contributed by atoms with Gasteiger partial charge >= 0.3 is 0 Å². The molecule has 0 bridgehead atoms. The van der Waals surface area contributed by atoms with Crippen LogP contribution in [0.5, 0.6) is 0 Å². The van der Waals surface area contributed by atoms with E-state index in [0.29, 0.717) is 31.6 Å². The molecule has 6 heteroatoms. The number of nitrogens with zero attached hydrogens (tertiary/aromatic N) is 1. The summed E-state index contributed by atoms with van der Waals surface area (Å²) in [5.74, 6) is 2.91. The maximum Gasteiger partial charge on any atom is 0.223 e. The van der Waals surface area contributed by atoms with Gasteiger partial charge in [0.2, 0.25) is 5.91 Å². The molecule has 2 fully saturated rings. The Hall–Kier alpha value is -1.98. The summed E-state index contributed by atoms with van der Waals surface area (Å²) in [6.45, 7) is 4.31. The van der Waals surface area contributed by atoms with Gasteiger partial charge in [0.05, 0.1) is 6.26 Å². The summed E-state index contributed by atoms with van der Waals surface area (Å²) in [6.07, 6.45) is 9.64. The van der Waals surface area contributed by atoms with Gasteiger partial charge < -0.3 is 20.4 Å². The second kappa shape index (κ2) is 9.64. The second-order valence-corrected chi connectivity index (χ2v) is 7.56. The molecule has 1 heterocycles. The molecule has 26 heavy (non-hydrogen) atoms. The van der Waals surface area contributed by atoms with Crippen molar-refractivity contribution in [2.75, 3.05) is 19.6 Å². The first-order chi connectivity index (χ1) is 12.7. The van der Waals surface area contributed by atoms with Crippen LogP contribution in [0, 0.1) is 11.8 Å².